The van der Waals surface area contributed by atoms with Crippen molar-refractivity contribution in [3.05, 3.63) is 20.5 Å². The van der Waals surface area contributed by atoms with Crippen molar-refractivity contribution in [3.8, 4) is 0 Å². The van der Waals surface area contributed by atoms with Crippen molar-refractivity contribution in [2.24, 2.45) is 0 Å². The number of hydrogen-bond donors (Lipinski definition) is 2. The average Bonchev–Trinajstić information content (AvgIpc) is 2.47. The molecule has 2 rings (SSSR count). The minimum absolute atomic E-state index is 0.0662. The second-order valence-corrected chi connectivity index (χ2v) is 5.29. The van der Waals surface area contributed by atoms with Crippen molar-refractivity contribution in [3.63, 3.8) is 0 Å². The fourth-order valence-electron chi connectivity index (χ4n) is 2.35. The van der Waals surface area contributed by atoms with Gasteiger partial charge in [0.05, 0.1) is 12.1 Å². The molecule has 2 atom stereocenters. The van der Waals surface area contributed by atoms with Crippen LogP contribution in [0.1, 0.15) is 43.8 Å². The third-order valence-corrected chi connectivity index (χ3v) is 4.23. The summed E-state index contributed by atoms with van der Waals surface area (Å²) in [6.07, 6.45) is 4.51. The first-order chi connectivity index (χ1) is 7.61. The molecule has 0 saturated heterocycles. The zero-order valence-electron chi connectivity index (χ0n) is 9.37. The molecule has 0 aliphatic heterocycles. The summed E-state index contributed by atoms with van der Waals surface area (Å²) in [5, 5.41) is 13.1. The van der Waals surface area contributed by atoms with Gasteiger partial charge in [0.2, 0.25) is 0 Å². The molecule has 2 unspecified atom stereocenters. The Morgan fingerprint density at radius 1 is 1.38 bits per heavy atom. The number of H-pyrrole nitrogens is 1. The third kappa shape index (κ3) is 2.11. The van der Waals surface area contributed by atoms with Crippen molar-refractivity contribution in [2.75, 3.05) is 0 Å². The van der Waals surface area contributed by atoms with Gasteiger partial charge >= 0.3 is 0 Å². The molecular weight excluding hydrogens is 272 g/mol. The summed E-state index contributed by atoms with van der Waals surface area (Å²) in [5.41, 5.74) is 0.755. The molecule has 5 heteroatoms. The molecule has 4 nitrogen and oxygen atoms in total. The monoisotopic (exact) mass is 288 g/mol. The number of aromatic nitrogens is 2. The lowest BCUT2D eigenvalue weighted by molar-refractivity contribution is 0.0972. The van der Waals surface area contributed by atoms with Crippen molar-refractivity contribution in [1.82, 2.24) is 9.78 Å². The van der Waals surface area contributed by atoms with E-state index >= 15 is 0 Å². The van der Waals surface area contributed by atoms with E-state index in [-0.39, 0.29) is 11.6 Å². The SMILES string of the molecule is Cc1[nH]n(C2CCCCCC2O)c(=O)c1Br. The minimum Gasteiger partial charge on any atom is -0.391 e. The predicted octanol–water partition coefficient (Wildman–Crippen LogP) is 2.11. The summed E-state index contributed by atoms with van der Waals surface area (Å²) in [6.45, 7) is 1.85. The van der Waals surface area contributed by atoms with Crippen LogP contribution in [0.5, 0.6) is 0 Å². The molecule has 0 radical (unpaired) electrons. The van der Waals surface area contributed by atoms with E-state index in [1.807, 2.05) is 6.92 Å². The highest BCUT2D eigenvalue weighted by atomic mass is 79.9. The fourth-order valence-corrected chi connectivity index (χ4v) is 2.63. The van der Waals surface area contributed by atoms with Crippen molar-refractivity contribution in [2.45, 2.75) is 51.2 Å². The maximum Gasteiger partial charge on any atom is 0.281 e. The van der Waals surface area contributed by atoms with Gasteiger partial charge in [0, 0.05) is 5.69 Å². The molecule has 2 N–H and O–H groups in total. The fraction of sp³-hybridized carbons (Fsp3) is 0.727. The largest absolute Gasteiger partial charge is 0.391 e. The Morgan fingerprint density at radius 2 is 2.06 bits per heavy atom. The first-order valence-electron chi connectivity index (χ1n) is 5.76. The molecule has 1 aromatic heterocycles. The van der Waals surface area contributed by atoms with Gasteiger partial charge in [0.25, 0.3) is 5.56 Å². The van der Waals surface area contributed by atoms with E-state index in [4.69, 9.17) is 0 Å². The highest BCUT2D eigenvalue weighted by Gasteiger charge is 2.26. The Balaban J connectivity index is 2.34. The van der Waals surface area contributed by atoms with E-state index in [0.29, 0.717) is 4.47 Å². The summed E-state index contributed by atoms with van der Waals surface area (Å²) in [7, 11) is 0. The van der Waals surface area contributed by atoms with Crippen LogP contribution < -0.4 is 5.56 Å². The summed E-state index contributed by atoms with van der Waals surface area (Å²) in [4.78, 5) is 11.9. The number of nitrogens with zero attached hydrogens (tertiary/aromatic N) is 1. The van der Waals surface area contributed by atoms with Gasteiger partial charge in [0.15, 0.2) is 0 Å². The number of rotatable bonds is 1. The van der Waals surface area contributed by atoms with Gasteiger partial charge in [-0.25, -0.2) is 4.68 Å². The number of aromatic amines is 1. The van der Waals surface area contributed by atoms with Crippen LogP contribution in [0.4, 0.5) is 0 Å². The van der Waals surface area contributed by atoms with E-state index in [1.54, 1.807) is 4.68 Å². The zero-order chi connectivity index (χ0) is 11.7. The second-order valence-electron chi connectivity index (χ2n) is 4.50. The average molecular weight is 289 g/mol. The Morgan fingerprint density at radius 3 is 2.69 bits per heavy atom. The molecule has 1 saturated carbocycles. The van der Waals surface area contributed by atoms with Crippen molar-refractivity contribution < 1.29 is 5.11 Å². The van der Waals surface area contributed by atoms with Crippen LogP contribution in [0.2, 0.25) is 0 Å². The van der Waals surface area contributed by atoms with E-state index in [1.165, 1.54) is 0 Å². The molecule has 1 heterocycles. The predicted molar refractivity (Wildman–Crippen MR) is 65.6 cm³/mol. The molecule has 1 fully saturated rings. The zero-order valence-corrected chi connectivity index (χ0v) is 11.0. The van der Waals surface area contributed by atoms with Gasteiger partial charge in [0.1, 0.15) is 4.47 Å². The quantitative estimate of drug-likeness (QED) is 0.778. The Bertz CT molecular complexity index is 424. The van der Waals surface area contributed by atoms with Gasteiger partial charge < -0.3 is 5.11 Å². The Labute approximate surface area is 103 Å². The lowest BCUT2D eigenvalue weighted by atomic mass is 10.1. The van der Waals surface area contributed by atoms with Crippen LogP contribution in [-0.2, 0) is 0 Å². The van der Waals surface area contributed by atoms with E-state index in [9.17, 15) is 9.90 Å². The van der Waals surface area contributed by atoms with Crippen LogP contribution in [0.25, 0.3) is 0 Å². The first kappa shape index (κ1) is 11.9. The standard InChI is InChI=1S/C11H17BrN2O2/c1-7-10(12)11(16)14(13-7)8-5-3-2-4-6-9(8)15/h8-9,13,15H,2-6H2,1H3. The van der Waals surface area contributed by atoms with Gasteiger partial charge in [-0.1, -0.05) is 19.3 Å². The van der Waals surface area contributed by atoms with Gasteiger partial charge in [-0.3, -0.25) is 9.89 Å². The molecule has 0 bridgehead atoms. The number of hydrogen-bond acceptors (Lipinski definition) is 2. The van der Waals surface area contributed by atoms with Crippen LogP contribution in [-0.4, -0.2) is 21.0 Å². The topological polar surface area (TPSA) is 58.0 Å². The Kier molecular flexibility index (Phi) is 3.54. The Hall–Kier alpha value is -0.550. The molecule has 16 heavy (non-hydrogen) atoms. The lowest BCUT2D eigenvalue weighted by Crippen LogP contribution is -2.31. The van der Waals surface area contributed by atoms with E-state index < -0.39 is 6.10 Å². The molecule has 1 aliphatic carbocycles. The molecule has 1 aromatic rings. The molecule has 0 spiro atoms. The number of halogens is 1. The summed E-state index contributed by atoms with van der Waals surface area (Å²) >= 11 is 3.26. The smallest absolute Gasteiger partial charge is 0.281 e. The van der Waals surface area contributed by atoms with Gasteiger partial charge in [-0.05, 0) is 35.7 Å². The number of aryl methyl sites for hydroxylation is 1. The minimum atomic E-state index is -0.412. The maximum atomic E-state index is 11.9. The highest BCUT2D eigenvalue weighted by molar-refractivity contribution is 9.10. The van der Waals surface area contributed by atoms with E-state index in [2.05, 4.69) is 21.0 Å². The van der Waals surface area contributed by atoms with Crippen molar-refractivity contribution >= 4 is 15.9 Å². The summed E-state index contributed by atoms with van der Waals surface area (Å²) in [6, 6.07) is -0.0972. The molecule has 90 valence electrons. The molecule has 0 amide bonds. The lowest BCUT2D eigenvalue weighted by Gasteiger charge is -2.20. The number of aliphatic hydroxyl groups excluding tert-OH is 1. The summed E-state index contributed by atoms with van der Waals surface area (Å²) in [5.74, 6) is 0. The third-order valence-electron chi connectivity index (χ3n) is 3.30. The van der Waals surface area contributed by atoms with Crippen LogP contribution >= 0.6 is 15.9 Å². The van der Waals surface area contributed by atoms with Crippen molar-refractivity contribution in [1.29, 1.82) is 0 Å². The highest BCUT2D eigenvalue weighted by Crippen LogP contribution is 2.26. The van der Waals surface area contributed by atoms with E-state index in [0.717, 1.165) is 37.8 Å². The molecular formula is C11H17BrN2O2. The molecule has 0 aromatic carbocycles. The molecule has 1 aliphatic rings. The van der Waals surface area contributed by atoms with Gasteiger partial charge in [-0.2, -0.15) is 0 Å². The number of nitrogens with one attached hydrogen (secondary N) is 1. The first-order valence-corrected chi connectivity index (χ1v) is 6.55. The normalized spacial score (nSPS) is 26.7. The maximum absolute atomic E-state index is 11.9. The number of aliphatic hydroxyl groups is 1. The van der Waals surface area contributed by atoms with Gasteiger partial charge in [-0.15, -0.1) is 0 Å². The second kappa shape index (κ2) is 4.75. The van der Waals surface area contributed by atoms with Crippen LogP contribution in [0, 0.1) is 6.92 Å². The summed E-state index contributed by atoms with van der Waals surface area (Å²) < 4.78 is 2.15. The van der Waals surface area contributed by atoms with Crippen LogP contribution in [0.15, 0.2) is 9.27 Å². The van der Waals surface area contributed by atoms with Crippen LogP contribution in [0.3, 0.4) is 0 Å².